The SMILES string of the molecule is CCC(Cn1cc(-c2cnc(N)c(-c3cc(-c4ccc(CNC)cc4)no3)n2)ccc1=O)OC.CCc1cc(-c2cnc(C)c(-c3cc(-c4ccc(CNC)cc4)no3)n2)cn(C(C)C)c1=O.CNCc1ccc(-c2cc(-c3nc(-c4ccc(=O)n(CCC#N)c4)cnc3N)on2)cc1.[HH]. The Morgan fingerprint density at radius 3 is 1.38 bits per heavy atom. The predicted molar refractivity (Wildman–Crippen MR) is 383 cm³/mol. The van der Waals surface area contributed by atoms with Gasteiger partial charge in [-0.05, 0) is 89.6 Å². The number of rotatable bonds is 23. The number of nitrogens with two attached hydrogens (primary N) is 2. The number of pyridine rings is 3. The third-order valence-electron chi connectivity index (χ3n) is 16.2. The van der Waals surface area contributed by atoms with Gasteiger partial charge < -0.3 is 59.4 Å². The number of anilines is 2. The highest BCUT2D eigenvalue weighted by atomic mass is 16.5. The molecular formula is C74H80N18O7. The van der Waals surface area contributed by atoms with Gasteiger partial charge in [0, 0.05) is 129 Å². The van der Waals surface area contributed by atoms with Crippen molar-refractivity contribution in [2.24, 2.45) is 0 Å². The van der Waals surface area contributed by atoms with Gasteiger partial charge >= 0.3 is 0 Å². The van der Waals surface area contributed by atoms with E-state index in [0.29, 0.717) is 87.9 Å². The molecule has 9 aromatic heterocycles. The quantitative estimate of drug-likeness (QED) is 0.0397. The Hall–Kier alpha value is -11.7. The van der Waals surface area contributed by atoms with Gasteiger partial charge in [0.25, 0.3) is 16.7 Å². The zero-order valence-corrected chi connectivity index (χ0v) is 56.6. The lowest BCUT2D eigenvalue weighted by molar-refractivity contribution is 0.0838. The molecule has 0 saturated carbocycles. The molecule has 12 aromatic rings. The molecule has 1 unspecified atom stereocenters. The predicted octanol–water partition coefficient (Wildman–Crippen LogP) is 11.2. The second-order valence-electron chi connectivity index (χ2n) is 23.5. The van der Waals surface area contributed by atoms with Crippen molar-refractivity contribution in [1.29, 1.82) is 5.26 Å². The first-order valence-electron chi connectivity index (χ1n) is 32.3. The van der Waals surface area contributed by atoms with Crippen molar-refractivity contribution in [3.05, 3.63) is 218 Å². The number of aromatic nitrogens is 12. The fourth-order valence-electron chi connectivity index (χ4n) is 10.7. The van der Waals surface area contributed by atoms with E-state index in [4.69, 9.17) is 40.0 Å². The van der Waals surface area contributed by atoms with Crippen molar-refractivity contribution in [3.63, 3.8) is 0 Å². The highest BCUT2D eigenvalue weighted by molar-refractivity contribution is 5.75. The summed E-state index contributed by atoms with van der Waals surface area (Å²) in [6.07, 6.45) is 11.7. The lowest BCUT2D eigenvalue weighted by atomic mass is 10.1. The maximum absolute atomic E-state index is 12.7. The van der Waals surface area contributed by atoms with Crippen LogP contribution in [-0.2, 0) is 43.9 Å². The van der Waals surface area contributed by atoms with E-state index in [1.54, 1.807) is 65.3 Å². The summed E-state index contributed by atoms with van der Waals surface area (Å²) in [5, 5.41) is 30.8. The maximum atomic E-state index is 12.7. The van der Waals surface area contributed by atoms with Crippen LogP contribution in [-0.4, -0.2) is 93.4 Å². The van der Waals surface area contributed by atoms with Gasteiger partial charge in [-0.15, -0.1) is 0 Å². The summed E-state index contributed by atoms with van der Waals surface area (Å²) in [5.41, 5.74) is 27.3. The fourth-order valence-corrected chi connectivity index (χ4v) is 10.7. The van der Waals surface area contributed by atoms with E-state index in [9.17, 15) is 14.4 Å². The Morgan fingerprint density at radius 1 is 0.545 bits per heavy atom. The van der Waals surface area contributed by atoms with Crippen LogP contribution in [0.2, 0.25) is 0 Å². The Morgan fingerprint density at radius 2 is 0.960 bits per heavy atom. The van der Waals surface area contributed by atoms with E-state index in [-0.39, 0.29) is 48.3 Å². The molecular weight excluding hydrogens is 1250 g/mol. The van der Waals surface area contributed by atoms with E-state index < -0.39 is 0 Å². The normalized spacial score (nSPS) is 11.4. The van der Waals surface area contributed by atoms with E-state index >= 15 is 0 Å². The van der Waals surface area contributed by atoms with Gasteiger partial charge in [-0.1, -0.05) is 102 Å². The molecule has 0 aliphatic heterocycles. The minimum atomic E-state index is -0.187. The number of nitrogens with zero attached hydrogens (tertiary/aromatic N) is 13. The monoisotopic (exact) mass is 1330 g/mol. The second kappa shape index (κ2) is 32.8. The maximum Gasteiger partial charge on any atom is 0.253 e. The van der Waals surface area contributed by atoms with Crippen LogP contribution in [0.5, 0.6) is 0 Å². The third kappa shape index (κ3) is 17.1. The van der Waals surface area contributed by atoms with Crippen LogP contribution in [0.25, 0.3) is 102 Å². The average Bonchev–Trinajstić information content (AvgIpc) is 1.24. The third-order valence-corrected chi connectivity index (χ3v) is 16.2. The van der Waals surface area contributed by atoms with Crippen LogP contribution < -0.4 is 44.1 Å². The molecule has 0 radical (unpaired) electrons. The molecule has 0 amide bonds. The number of aryl methyl sites for hydroxylation is 3. The van der Waals surface area contributed by atoms with E-state index in [0.717, 1.165) is 70.8 Å². The standard InChI is InChI=1S/C26H29N5O2.C25H28N6O3.C23H21N7O2.H2/c1-6-19-11-21(15-31(16(2)3)26(19)32)23-14-28-17(4)25(29-23)24-12-22(30-33-24)20-9-7-18(8-10-20)13-27-5;1-4-19(33-3)15-31-14-18(9-10-23(31)32)21-13-28-25(26)24(29-21)22-11-20(30-34-22)17-7-5-16(6-8-17)12-27-2;1-26-12-15-3-5-16(6-4-15)18-11-20(32-29-18)22-23(25)27-13-19(28-22)17-7-8-21(31)30(14-17)10-2-9-24;/h7-12,14-16,27H,6,13H2,1-5H3;5-11,13-14,19,27H,4,12,15H2,1-3H3,(H2,26,28);3-8,11,13-14,26H,2,10,12H2,1H3,(H2,25,27);1H. The van der Waals surface area contributed by atoms with E-state index in [1.807, 2.05) is 141 Å². The van der Waals surface area contributed by atoms with E-state index in [1.165, 1.54) is 39.6 Å². The number of nitrogen functional groups attached to an aromatic ring is 2. The topological polar surface area (TPSA) is 343 Å². The Balaban J connectivity index is 0.000000174. The molecule has 0 fully saturated rings. The van der Waals surface area contributed by atoms with Crippen LogP contribution in [0.15, 0.2) is 186 Å². The van der Waals surface area contributed by atoms with Gasteiger partial charge in [-0.3, -0.25) is 19.4 Å². The van der Waals surface area contributed by atoms with Crippen molar-refractivity contribution in [2.45, 2.75) is 98.8 Å². The van der Waals surface area contributed by atoms with Crippen molar-refractivity contribution >= 4 is 11.6 Å². The number of nitriles is 1. The molecule has 9 heterocycles. The molecule has 0 saturated heterocycles. The molecule has 0 bridgehead atoms. The van der Waals surface area contributed by atoms with Crippen molar-refractivity contribution < 1.29 is 19.7 Å². The lowest BCUT2D eigenvalue weighted by Crippen LogP contribution is -2.26. The van der Waals surface area contributed by atoms with Crippen molar-refractivity contribution in [2.75, 3.05) is 39.7 Å². The summed E-state index contributed by atoms with van der Waals surface area (Å²) in [6, 6.07) is 40.0. The Bertz CT molecular complexity index is 4950. The Labute approximate surface area is 573 Å². The molecule has 0 aliphatic rings. The van der Waals surface area contributed by atoms with Crippen LogP contribution in [0, 0.1) is 18.3 Å². The van der Waals surface area contributed by atoms with Crippen LogP contribution in [0.3, 0.4) is 0 Å². The first kappa shape index (κ1) is 70.1. The summed E-state index contributed by atoms with van der Waals surface area (Å²) in [5.74, 6) is 1.81. The first-order valence-corrected chi connectivity index (χ1v) is 32.3. The van der Waals surface area contributed by atoms with E-state index in [2.05, 4.69) is 68.5 Å². The molecule has 1 atom stereocenters. The highest BCUT2D eigenvalue weighted by Gasteiger charge is 2.21. The second-order valence-corrected chi connectivity index (χ2v) is 23.5. The van der Waals surface area contributed by atoms with Crippen molar-refractivity contribution in [3.8, 4) is 108 Å². The van der Waals surface area contributed by atoms with Crippen molar-refractivity contribution in [1.82, 2.24) is 75.0 Å². The minimum absolute atomic E-state index is 0. The molecule has 508 valence electrons. The van der Waals surface area contributed by atoms with Crippen LogP contribution in [0.4, 0.5) is 11.6 Å². The molecule has 25 heteroatoms. The van der Waals surface area contributed by atoms with Gasteiger partial charge in [0.05, 0.1) is 66.5 Å². The number of hydrogen-bond donors (Lipinski definition) is 5. The van der Waals surface area contributed by atoms with Crippen LogP contribution >= 0.6 is 0 Å². The first-order chi connectivity index (χ1) is 48.0. The van der Waals surface area contributed by atoms with Gasteiger partial charge in [-0.25, -0.2) is 24.9 Å². The van der Waals surface area contributed by atoms with Crippen LogP contribution in [0.1, 0.15) is 76.0 Å². The summed E-state index contributed by atoms with van der Waals surface area (Å²) < 4.78 is 27.0. The number of benzene rings is 3. The molecule has 7 N–H and O–H groups in total. The average molecular weight is 1330 g/mol. The van der Waals surface area contributed by atoms with Gasteiger partial charge in [0.15, 0.2) is 40.3 Å². The highest BCUT2D eigenvalue weighted by Crippen LogP contribution is 2.33. The number of methoxy groups -OCH3 is 1. The summed E-state index contributed by atoms with van der Waals surface area (Å²) >= 11 is 0. The molecule has 25 nitrogen and oxygen atoms in total. The molecule has 99 heavy (non-hydrogen) atoms. The zero-order valence-electron chi connectivity index (χ0n) is 56.6. The summed E-state index contributed by atoms with van der Waals surface area (Å²) in [6.45, 7) is 13.0. The number of hydrogen-bond acceptors (Lipinski definition) is 22. The lowest BCUT2D eigenvalue weighted by Gasteiger charge is -2.15. The molecule has 0 aliphatic carbocycles. The fraction of sp³-hybridized carbons (Fsp3) is 0.257. The minimum Gasteiger partial charge on any atom is -0.382 e. The Kier molecular flexibility index (Phi) is 23.3. The number of nitrogens with one attached hydrogen (secondary N) is 3. The molecule has 3 aromatic carbocycles. The largest absolute Gasteiger partial charge is 0.382 e. The summed E-state index contributed by atoms with van der Waals surface area (Å²) in [7, 11) is 7.38. The summed E-state index contributed by atoms with van der Waals surface area (Å²) in [4.78, 5) is 64.2. The smallest absolute Gasteiger partial charge is 0.253 e. The van der Waals surface area contributed by atoms with Gasteiger partial charge in [0.1, 0.15) is 22.8 Å². The molecule has 0 spiro atoms. The van der Waals surface area contributed by atoms with Gasteiger partial charge in [0.2, 0.25) is 0 Å². The number of ether oxygens (including phenoxy) is 1. The molecule has 12 rings (SSSR count). The van der Waals surface area contributed by atoms with Gasteiger partial charge in [-0.2, -0.15) is 5.26 Å². The zero-order chi connectivity index (χ0) is 70.1.